The van der Waals surface area contributed by atoms with Crippen molar-refractivity contribution in [3.8, 4) is 0 Å². The highest BCUT2D eigenvalue weighted by atomic mass is 79.9. The number of hydrogen-bond donors (Lipinski definition) is 0. The van der Waals surface area contributed by atoms with Crippen LogP contribution in [0.4, 0.5) is 0 Å². The molecule has 2 aromatic rings. The Bertz CT molecular complexity index is 584. The third-order valence-electron chi connectivity index (χ3n) is 2.26. The highest BCUT2D eigenvalue weighted by Gasteiger charge is 2.17. The second-order valence-electron chi connectivity index (χ2n) is 5.09. The van der Waals surface area contributed by atoms with Crippen molar-refractivity contribution in [1.82, 2.24) is 9.78 Å². The summed E-state index contributed by atoms with van der Waals surface area (Å²) in [6.45, 7) is 5.67. The molecule has 0 radical (unpaired) electrons. The molecule has 0 unspecified atom stereocenters. The number of ether oxygens (including phenoxy) is 1. The van der Waals surface area contributed by atoms with E-state index in [4.69, 9.17) is 4.74 Å². The number of carbonyl (C=O) groups excluding carboxylic acids is 1. The first kappa shape index (κ1) is 13.1. The van der Waals surface area contributed by atoms with E-state index in [-0.39, 0.29) is 12.5 Å². The van der Waals surface area contributed by atoms with Crippen LogP contribution in [0.5, 0.6) is 0 Å². The van der Waals surface area contributed by atoms with E-state index in [1.54, 1.807) is 4.68 Å². The van der Waals surface area contributed by atoms with Gasteiger partial charge in [-0.1, -0.05) is 22.0 Å². The number of aromatic nitrogens is 2. The summed E-state index contributed by atoms with van der Waals surface area (Å²) in [5, 5.41) is 5.32. The first-order valence-electron chi connectivity index (χ1n) is 5.69. The first-order chi connectivity index (χ1) is 8.35. The number of fused-ring (bicyclic) bond motifs is 1. The molecule has 2 rings (SSSR count). The van der Waals surface area contributed by atoms with Crippen LogP contribution in [0.2, 0.25) is 0 Å². The van der Waals surface area contributed by atoms with E-state index in [2.05, 4.69) is 21.0 Å². The minimum absolute atomic E-state index is 0.123. The summed E-state index contributed by atoms with van der Waals surface area (Å²) >= 11 is 3.46. The van der Waals surface area contributed by atoms with Gasteiger partial charge in [-0.2, -0.15) is 5.10 Å². The highest BCUT2D eigenvalue weighted by Crippen LogP contribution is 2.22. The molecule has 0 atom stereocenters. The van der Waals surface area contributed by atoms with E-state index in [9.17, 15) is 4.79 Å². The Hall–Kier alpha value is -1.36. The molecule has 5 heteroatoms. The van der Waals surface area contributed by atoms with Gasteiger partial charge in [0.15, 0.2) is 0 Å². The average Bonchev–Trinajstić information content (AvgIpc) is 2.58. The predicted octanol–water partition coefficient (Wildman–Crippen LogP) is 3.14. The molecule has 0 saturated carbocycles. The quantitative estimate of drug-likeness (QED) is 0.800. The fourth-order valence-corrected chi connectivity index (χ4v) is 2.10. The fourth-order valence-electron chi connectivity index (χ4n) is 1.64. The van der Waals surface area contributed by atoms with Crippen molar-refractivity contribution in [1.29, 1.82) is 0 Å². The van der Waals surface area contributed by atoms with Crippen LogP contribution in [0.1, 0.15) is 20.8 Å². The Balaban J connectivity index is 2.18. The maximum absolute atomic E-state index is 11.7. The maximum Gasteiger partial charge on any atom is 0.328 e. The maximum atomic E-state index is 11.7. The summed E-state index contributed by atoms with van der Waals surface area (Å²) in [4.78, 5) is 11.7. The van der Waals surface area contributed by atoms with Gasteiger partial charge < -0.3 is 4.74 Å². The molecule has 0 N–H and O–H groups in total. The van der Waals surface area contributed by atoms with Crippen LogP contribution in [-0.4, -0.2) is 21.4 Å². The summed E-state index contributed by atoms with van der Waals surface area (Å²) in [5.41, 5.74) is 0.387. The summed E-state index contributed by atoms with van der Waals surface area (Å²) in [6, 6.07) is 5.77. The van der Waals surface area contributed by atoms with Gasteiger partial charge in [0.05, 0.1) is 5.52 Å². The second-order valence-corrected chi connectivity index (χ2v) is 5.94. The lowest BCUT2D eigenvalue weighted by Gasteiger charge is -2.19. The van der Waals surface area contributed by atoms with E-state index in [0.717, 1.165) is 15.4 Å². The van der Waals surface area contributed by atoms with Gasteiger partial charge in [-0.15, -0.1) is 0 Å². The Morgan fingerprint density at radius 1 is 1.44 bits per heavy atom. The van der Waals surface area contributed by atoms with Crippen LogP contribution in [0.3, 0.4) is 0 Å². The molecule has 96 valence electrons. The number of benzene rings is 1. The molecule has 4 nitrogen and oxygen atoms in total. The third kappa shape index (κ3) is 3.10. The zero-order valence-electron chi connectivity index (χ0n) is 10.6. The highest BCUT2D eigenvalue weighted by molar-refractivity contribution is 9.10. The number of nitrogens with zero attached hydrogens (tertiary/aromatic N) is 2. The van der Waals surface area contributed by atoms with Gasteiger partial charge in [0.2, 0.25) is 0 Å². The van der Waals surface area contributed by atoms with Gasteiger partial charge in [0.1, 0.15) is 12.1 Å². The molecule has 0 fully saturated rings. The Morgan fingerprint density at radius 2 is 2.17 bits per heavy atom. The summed E-state index contributed by atoms with van der Waals surface area (Å²) in [6.07, 6.45) is 1.84. The molecule has 1 aromatic carbocycles. The van der Waals surface area contributed by atoms with Crippen LogP contribution >= 0.6 is 15.9 Å². The number of halogens is 1. The summed E-state index contributed by atoms with van der Waals surface area (Å²) in [7, 11) is 0. The van der Waals surface area contributed by atoms with Crippen molar-refractivity contribution < 1.29 is 9.53 Å². The minimum Gasteiger partial charge on any atom is -0.459 e. The molecular formula is C13H15BrN2O2. The molecule has 0 bridgehead atoms. The van der Waals surface area contributed by atoms with Gasteiger partial charge in [-0.05, 0) is 32.9 Å². The molecule has 1 heterocycles. The predicted molar refractivity (Wildman–Crippen MR) is 73.3 cm³/mol. The zero-order valence-corrected chi connectivity index (χ0v) is 12.2. The lowest BCUT2D eigenvalue weighted by molar-refractivity contribution is -0.155. The van der Waals surface area contributed by atoms with E-state index in [1.165, 1.54) is 0 Å². The SMILES string of the molecule is CC(C)(C)OC(=O)Cn1cc2c(Br)cccc2n1. The van der Waals surface area contributed by atoms with Crippen LogP contribution in [0.25, 0.3) is 10.9 Å². The van der Waals surface area contributed by atoms with Crippen LogP contribution in [0, 0.1) is 0 Å². The van der Waals surface area contributed by atoms with Crippen molar-refractivity contribution in [3.63, 3.8) is 0 Å². The second kappa shape index (κ2) is 4.72. The summed E-state index contributed by atoms with van der Waals surface area (Å²) in [5.74, 6) is -0.286. The van der Waals surface area contributed by atoms with Crippen molar-refractivity contribution in [2.75, 3.05) is 0 Å². The van der Waals surface area contributed by atoms with Crippen molar-refractivity contribution in [2.24, 2.45) is 0 Å². The molecule has 18 heavy (non-hydrogen) atoms. The van der Waals surface area contributed by atoms with Crippen LogP contribution in [-0.2, 0) is 16.1 Å². The van der Waals surface area contributed by atoms with Gasteiger partial charge in [0.25, 0.3) is 0 Å². The smallest absolute Gasteiger partial charge is 0.328 e. The zero-order chi connectivity index (χ0) is 13.3. The topological polar surface area (TPSA) is 44.1 Å². The van der Waals surface area contributed by atoms with Crippen molar-refractivity contribution in [3.05, 3.63) is 28.9 Å². The number of carbonyl (C=O) groups is 1. The monoisotopic (exact) mass is 310 g/mol. The Labute approximate surface area is 114 Å². The average molecular weight is 311 g/mol. The normalized spacial score (nSPS) is 11.8. The third-order valence-corrected chi connectivity index (χ3v) is 2.95. The van der Waals surface area contributed by atoms with Gasteiger partial charge in [-0.3, -0.25) is 9.48 Å². The number of esters is 1. The summed E-state index contributed by atoms with van der Waals surface area (Å²) < 4.78 is 7.83. The van der Waals surface area contributed by atoms with Crippen LogP contribution in [0.15, 0.2) is 28.9 Å². The van der Waals surface area contributed by atoms with E-state index in [1.807, 2.05) is 45.2 Å². The van der Waals surface area contributed by atoms with Gasteiger partial charge in [-0.25, -0.2) is 0 Å². The minimum atomic E-state index is -0.468. The van der Waals surface area contributed by atoms with E-state index < -0.39 is 5.60 Å². The number of hydrogen-bond acceptors (Lipinski definition) is 3. The van der Waals surface area contributed by atoms with Gasteiger partial charge >= 0.3 is 5.97 Å². The van der Waals surface area contributed by atoms with Crippen molar-refractivity contribution in [2.45, 2.75) is 32.9 Å². The lowest BCUT2D eigenvalue weighted by Crippen LogP contribution is -2.26. The Kier molecular flexibility index (Phi) is 3.43. The molecule has 1 aromatic heterocycles. The Morgan fingerprint density at radius 3 is 2.78 bits per heavy atom. The molecule has 0 amide bonds. The van der Waals surface area contributed by atoms with Crippen molar-refractivity contribution >= 4 is 32.8 Å². The molecule has 0 saturated heterocycles. The fraction of sp³-hybridized carbons (Fsp3) is 0.385. The molecule has 0 spiro atoms. The van der Waals surface area contributed by atoms with Gasteiger partial charge in [0, 0.05) is 16.1 Å². The standard InChI is InChI=1S/C13H15BrN2O2/c1-13(2,3)18-12(17)8-16-7-9-10(14)5-4-6-11(9)15-16/h4-7H,8H2,1-3H3. The largest absolute Gasteiger partial charge is 0.459 e. The molecular weight excluding hydrogens is 296 g/mol. The molecule has 0 aliphatic heterocycles. The lowest BCUT2D eigenvalue weighted by atomic mass is 10.2. The van der Waals surface area contributed by atoms with Crippen LogP contribution < -0.4 is 0 Å². The number of rotatable bonds is 2. The van der Waals surface area contributed by atoms with E-state index >= 15 is 0 Å². The first-order valence-corrected chi connectivity index (χ1v) is 6.48. The molecule has 0 aliphatic carbocycles. The van der Waals surface area contributed by atoms with E-state index in [0.29, 0.717) is 0 Å². The molecule has 0 aliphatic rings.